The number of alkyl halides is 1. The van der Waals surface area contributed by atoms with Gasteiger partial charge in [0.1, 0.15) is 0 Å². The molecule has 0 aliphatic carbocycles. The SMILES string of the molecule is CC(C)CNC(=O)[C@@H](CCF)ONC(=O)C(C)(C)C. The monoisotopic (exact) mass is 276 g/mol. The van der Waals surface area contributed by atoms with Gasteiger partial charge >= 0.3 is 0 Å². The van der Waals surface area contributed by atoms with Gasteiger partial charge in [-0.25, -0.2) is 5.48 Å². The van der Waals surface area contributed by atoms with E-state index in [1.165, 1.54) is 0 Å². The van der Waals surface area contributed by atoms with Crippen molar-refractivity contribution in [2.75, 3.05) is 13.2 Å². The molecule has 0 heterocycles. The van der Waals surface area contributed by atoms with Crippen LogP contribution < -0.4 is 10.8 Å². The van der Waals surface area contributed by atoms with E-state index in [-0.39, 0.29) is 12.3 Å². The summed E-state index contributed by atoms with van der Waals surface area (Å²) in [6.45, 7) is 8.85. The van der Waals surface area contributed by atoms with E-state index in [4.69, 9.17) is 4.84 Å². The summed E-state index contributed by atoms with van der Waals surface area (Å²) in [7, 11) is 0. The Labute approximate surface area is 114 Å². The van der Waals surface area contributed by atoms with E-state index in [0.717, 1.165) is 0 Å². The third-order valence-corrected chi connectivity index (χ3v) is 2.32. The quantitative estimate of drug-likeness (QED) is 0.694. The molecule has 0 radical (unpaired) electrons. The first kappa shape index (κ1) is 17.8. The van der Waals surface area contributed by atoms with Gasteiger partial charge in [-0.05, 0) is 5.92 Å². The fourth-order valence-electron chi connectivity index (χ4n) is 1.04. The predicted octanol–water partition coefficient (Wildman–Crippen LogP) is 1.58. The highest BCUT2D eigenvalue weighted by molar-refractivity contribution is 5.82. The van der Waals surface area contributed by atoms with Crippen LogP contribution in [0.5, 0.6) is 0 Å². The van der Waals surface area contributed by atoms with E-state index in [9.17, 15) is 14.0 Å². The molecule has 0 aromatic heterocycles. The Morgan fingerprint density at radius 1 is 1.26 bits per heavy atom. The number of hydroxylamine groups is 1. The molecule has 6 heteroatoms. The number of rotatable bonds is 7. The van der Waals surface area contributed by atoms with Gasteiger partial charge in [0, 0.05) is 18.4 Å². The van der Waals surface area contributed by atoms with Crippen LogP contribution in [0.3, 0.4) is 0 Å². The third kappa shape index (κ3) is 7.77. The number of hydrogen-bond donors (Lipinski definition) is 2. The lowest BCUT2D eigenvalue weighted by atomic mass is 9.96. The Hall–Kier alpha value is -1.17. The third-order valence-electron chi connectivity index (χ3n) is 2.32. The highest BCUT2D eigenvalue weighted by Crippen LogP contribution is 2.12. The summed E-state index contributed by atoms with van der Waals surface area (Å²) in [5.74, 6) is -0.479. The van der Waals surface area contributed by atoms with Crippen LogP contribution in [-0.2, 0) is 14.4 Å². The van der Waals surface area contributed by atoms with Crippen molar-refractivity contribution in [1.82, 2.24) is 10.8 Å². The highest BCUT2D eigenvalue weighted by atomic mass is 19.1. The second kappa shape index (κ2) is 8.09. The lowest BCUT2D eigenvalue weighted by Crippen LogP contribution is -2.44. The molecule has 112 valence electrons. The number of carbonyl (C=O) groups excluding carboxylic acids is 2. The number of hydrogen-bond acceptors (Lipinski definition) is 3. The fraction of sp³-hybridized carbons (Fsp3) is 0.846. The van der Waals surface area contributed by atoms with Gasteiger partial charge in [-0.3, -0.25) is 18.8 Å². The molecule has 0 aliphatic heterocycles. The zero-order valence-corrected chi connectivity index (χ0v) is 12.4. The van der Waals surface area contributed by atoms with E-state index in [1.807, 2.05) is 13.8 Å². The molecule has 19 heavy (non-hydrogen) atoms. The first-order chi connectivity index (χ1) is 8.68. The van der Waals surface area contributed by atoms with Crippen molar-refractivity contribution < 1.29 is 18.8 Å². The van der Waals surface area contributed by atoms with Gasteiger partial charge in [0.05, 0.1) is 6.67 Å². The summed E-state index contributed by atoms with van der Waals surface area (Å²) >= 11 is 0. The minimum Gasteiger partial charge on any atom is -0.354 e. The number of halogens is 1. The van der Waals surface area contributed by atoms with Gasteiger partial charge in [-0.15, -0.1) is 0 Å². The average molecular weight is 276 g/mol. The zero-order valence-electron chi connectivity index (χ0n) is 12.4. The molecule has 0 spiro atoms. The van der Waals surface area contributed by atoms with E-state index in [0.29, 0.717) is 12.5 Å². The lowest BCUT2D eigenvalue weighted by Gasteiger charge is -2.21. The molecule has 0 fully saturated rings. The first-order valence-electron chi connectivity index (χ1n) is 6.48. The van der Waals surface area contributed by atoms with E-state index < -0.39 is 24.1 Å². The van der Waals surface area contributed by atoms with Crippen molar-refractivity contribution in [2.45, 2.75) is 47.1 Å². The summed E-state index contributed by atoms with van der Waals surface area (Å²) in [5, 5.41) is 2.65. The summed E-state index contributed by atoms with van der Waals surface area (Å²) in [4.78, 5) is 28.4. The Bertz CT molecular complexity index is 301. The highest BCUT2D eigenvalue weighted by Gasteiger charge is 2.25. The minimum absolute atomic E-state index is 0.0889. The average Bonchev–Trinajstić information content (AvgIpc) is 2.29. The lowest BCUT2D eigenvalue weighted by molar-refractivity contribution is -0.154. The van der Waals surface area contributed by atoms with Gasteiger partial charge in [0.15, 0.2) is 6.10 Å². The van der Waals surface area contributed by atoms with Crippen LogP contribution in [0.25, 0.3) is 0 Å². The van der Waals surface area contributed by atoms with Crippen LogP contribution in [0.2, 0.25) is 0 Å². The van der Waals surface area contributed by atoms with E-state index in [1.54, 1.807) is 20.8 Å². The maximum Gasteiger partial charge on any atom is 0.251 e. The van der Waals surface area contributed by atoms with Crippen molar-refractivity contribution in [3.8, 4) is 0 Å². The molecule has 0 saturated heterocycles. The standard InChI is InChI=1S/C13H25FN2O3/c1-9(2)8-15-11(17)10(6-7-14)19-16-12(18)13(3,4)5/h9-10H,6-8H2,1-5H3,(H,15,17)(H,16,18)/t10-/m1/s1. The van der Waals surface area contributed by atoms with Crippen LogP contribution in [0.1, 0.15) is 41.0 Å². The van der Waals surface area contributed by atoms with Crippen molar-refractivity contribution in [1.29, 1.82) is 0 Å². The molecule has 0 rings (SSSR count). The van der Waals surface area contributed by atoms with E-state index >= 15 is 0 Å². The second-order valence-electron chi connectivity index (χ2n) is 5.90. The maximum atomic E-state index is 12.4. The maximum absolute atomic E-state index is 12.4. The Morgan fingerprint density at radius 3 is 2.26 bits per heavy atom. The summed E-state index contributed by atoms with van der Waals surface area (Å²) in [5.41, 5.74) is 1.58. The van der Waals surface area contributed by atoms with Gasteiger partial charge in [0.2, 0.25) is 5.91 Å². The second-order valence-corrected chi connectivity index (χ2v) is 5.90. The van der Waals surface area contributed by atoms with Crippen LogP contribution in [0.4, 0.5) is 4.39 Å². The summed E-state index contributed by atoms with van der Waals surface area (Å²) in [6.07, 6.45) is -1.09. The summed E-state index contributed by atoms with van der Waals surface area (Å²) < 4.78 is 12.4. The molecule has 5 nitrogen and oxygen atoms in total. The molecule has 1 atom stereocenters. The molecule has 2 N–H and O–H groups in total. The number of nitrogens with one attached hydrogen (secondary N) is 2. The van der Waals surface area contributed by atoms with Gasteiger partial charge in [-0.1, -0.05) is 34.6 Å². The van der Waals surface area contributed by atoms with Crippen molar-refractivity contribution in [3.05, 3.63) is 0 Å². The molecular weight excluding hydrogens is 251 g/mol. The molecular formula is C13H25FN2O3. The molecule has 0 aliphatic rings. The minimum atomic E-state index is -1.00. The summed E-state index contributed by atoms with van der Waals surface area (Å²) in [6, 6.07) is 0. The van der Waals surface area contributed by atoms with Gasteiger partial charge < -0.3 is 5.32 Å². The fourth-order valence-corrected chi connectivity index (χ4v) is 1.04. The van der Waals surface area contributed by atoms with E-state index in [2.05, 4.69) is 10.8 Å². The van der Waals surface area contributed by atoms with Crippen LogP contribution in [0, 0.1) is 11.3 Å². The van der Waals surface area contributed by atoms with Crippen molar-refractivity contribution >= 4 is 11.8 Å². The predicted molar refractivity (Wildman–Crippen MR) is 70.9 cm³/mol. The van der Waals surface area contributed by atoms with Crippen LogP contribution in [-0.4, -0.2) is 31.1 Å². The molecule has 0 unspecified atom stereocenters. The first-order valence-corrected chi connectivity index (χ1v) is 6.48. The van der Waals surface area contributed by atoms with Crippen molar-refractivity contribution in [2.24, 2.45) is 11.3 Å². The Morgan fingerprint density at radius 2 is 1.84 bits per heavy atom. The van der Waals surface area contributed by atoms with Crippen LogP contribution >= 0.6 is 0 Å². The smallest absolute Gasteiger partial charge is 0.251 e. The molecule has 0 aromatic carbocycles. The molecule has 0 bridgehead atoms. The number of amides is 2. The zero-order chi connectivity index (χ0) is 15.1. The van der Waals surface area contributed by atoms with Gasteiger partial charge in [0.25, 0.3) is 5.91 Å². The molecule has 0 aromatic rings. The normalized spacial score (nSPS) is 13.2. The van der Waals surface area contributed by atoms with Crippen molar-refractivity contribution in [3.63, 3.8) is 0 Å². The molecule has 2 amide bonds. The Kier molecular flexibility index (Phi) is 7.59. The van der Waals surface area contributed by atoms with Gasteiger partial charge in [-0.2, -0.15) is 0 Å². The topological polar surface area (TPSA) is 67.4 Å². The van der Waals surface area contributed by atoms with Crippen LogP contribution in [0.15, 0.2) is 0 Å². The number of carbonyl (C=O) groups is 2. The molecule has 0 saturated carbocycles. The Balaban J connectivity index is 4.33. The largest absolute Gasteiger partial charge is 0.354 e.